The summed E-state index contributed by atoms with van der Waals surface area (Å²) in [5.74, 6) is -0.153. The third-order valence-electron chi connectivity index (χ3n) is 3.73. The Morgan fingerprint density at radius 1 is 1.22 bits per heavy atom. The lowest BCUT2D eigenvalue weighted by atomic mass is 9.97. The van der Waals surface area contributed by atoms with Crippen LogP contribution >= 0.6 is 11.8 Å². The molecule has 1 amide bonds. The second kappa shape index (κ2) is 8.52. The number of carbonyl (C=O) groups excluding carboxylic acids is 1. The largest absolute Gasteiger partial charge is 0.433 e. The van der Waals surface area contributed by atoms with Crippen LogP contribution in [0.3, 0.4) is 0 Å². The van der Waals surface area contributed by atoms with Crippen LogP contribution in [0.1, 0.15) is 50.6 Å². The van der Waals surface area contributed by atoms with E-state index < -0.39 is 11.9 Å². The van der Waals surface area contributed by atoms with E-state index in [9.17, 15) is 18.0 Å². The van der Waals surface area contributed by atoms with Gasteiger partial charge in [0.05, 0.1) is 5.75 Å². The van der Waals surface area contributed by atoms with Crippen LogP contribution in [0.5, 0.6) is 0 Å². The van der Waals surface area contributed by atoms with Crippen molar-refractivity contribution in [1.29, 1.82) is 0 Å². The van der Waals surface area contributed by atoms with Crippen molar-refractivity contribution in [3.05, 3.63) is 18.0 Å². The van der Waals surface area contributed by atoms with Gasteiger partial charge in [0.25, 0.3) is 0 Å². The summed E-state index contributed by atoms with van der Waals surface area (Å²) in [6.07, 6.45) is 4.35. The molecule has 1 aliphatic rings. The molecule has 1 aromatic rings. The molecule has 8 heteroatoms. The SMILES string of the molecule is O=C(CSc1nccc(C(F)(F)F)n1)NC1CCCCCCC1. The van der Waals surface area contributed by atoms with Crippen molar-refractivity contribution in [1.82, 2.24) is 15.3 Å². The molecular weight excluding hydrogens is 327 g/mol. The first-order chi connectivity index (χ1) is 10.9. The van der Waals surface area contributed by atoms with E-state index in [4.69, 9.17) is 0 Å². The van der Waals surface area contributed by atoms with Crippen molar-refractivity contribution in [2.24, 2.45) is 0 Å². The molecule has 0 spiro atoms. The zero-order chi connectivity index (χ0) is 16.7. The maximum Gasteiger partial charge on any atom is 0.433 e. The highest BCUT2D eigenvalue weighted by molar-refractivity contribution is 7.99. The number of nitrogens with one attached hydrogen (secondary N) is 1. The fourth-order valence-corrected chi connectivity index (χ4v) is 3.21. The van der Waals surface area contributed by atoms with Crippen molar-refractivity contribution in [3.8, 4) is 0 Å². The van der Waals surface area contributed by atoms with Crippen molar-refractivity contribution >= 4 is 17.7 Å². The molecule has 0 atom stereocenters. The van der Waals surface area contributed by atoms with Crippen molar-refractivity contribution in [2.75, 3.05) is 5.75 Å². The summed E-state index contributed by atoms with van der Waals surface area (Å²) in [4.78, 5) is 19.2. The molecule has 1 aliphatic carbocycles. The molecule has 1 aromatic heterocycles. The molecule has 1 heterocycles. The number of amides is 1. The van der Waals surface area contributed by atoms with Gasteiger partial charge in [0.1, 0.15) is 5.69 Å². The third-order valence-corrected chi connectivity index (χ3v) is 4.59. The van der Waals surface area contributed by atoms with Gasteiger partial charge in [0.15, 0.2) is 5.16 Å². The third kappa shape index (κ3) is 6.37. The van der Waals surface area contributed by atoms with Gasteiger partial charge in [-0.15, -0.1) is 0 Å². The molecule has 1 fully saturated rings. The van der Waals surface area contributed by atoms with E-state index in [-0.39, 0.29) is 22.9 Å². The van der Waals surface area contributed by atoms with Crippen LogP contribution in [-0.4, -0.2) is 27.7 Å². The minimum atomic E-state index is -4.50. The summed E-state index contributed by atoms with van der Waals surface area (Å²) in [6, 6.07) is 0.990. The van der Waals surface area contributed by atoms with Gasteiger partial charge >= 0.3 is 6.18 Å². The molecule has 0 aliphatic heterocycles. The summed E-state index contributed by atoms with van der Waals surface area (Å²) in [5, 5.41) is 2.93. The maximum absolute atomic E-state index is 12.6. The molecule has 0 radical (unpaired) electrons. The molecule has 4 nitrogen and oxygen atoms in total. The molecule has 23 heavy (non-hydrogen) atoms. The van der Waals surface area contributed by atoms with Crippen LogP contribution in [0.25, 0.3) is 0 Å². The summed E-state index contributed by atoms with van der Waals surface area (Å²) >= 11 is 0.922. The fraction of sp³-hybridized carbons (Fsp3) is 0.667. The molecule has 1 N–H and O–H groups in total. The maximum atomic E-state index is 12.6. The summed E-state index contributed by atoms with van der Waals surface area (Å²) in [7, 11) is 0. The van der Waals surface area contributed by atoms with E-state index in [1.165, 1.54) is 19.3 Å². The molecular formula is C15H20F3N3OS. The monoisotopic (exact) mass is 347 g/mol. The topological polar surface area (TPSA) is 54.9 Å². The average molecular weight is 347 g/mol. The van der Waals surface area contributed by atoms with Crippen molar-refractivity contribution < 1.29 is 18.0 Å². The Hall–Kier alpha value is -1.31. The number of hydrogen-bond acceptors (Lipinski definition) is 4. The predicted octanol–water partition coefficient (Wildman–Crippen LogP) is 3.82. The van der Waals surface area contributed by atoms with Gasteiger partial charge in [-0.1, -0.05) is 43.9 Å². The van der Waals surface area contributed by atoms with Crippen LogP contribution < -0.4 is 5.32 Å². The first-order valence-electron chi connectivity index (χ1n) is 7.77. The van der Waals surface area contributed by atoms with E-state index >= 15 is 0 Å². The van der Waals surface area contributed by atoms with Gasteiger partial charge in [-0.25, -0.2) is 9.97 Å². The minimum absolute atomic E-state index is 0.0256. The Morgan fingerprint density at radius 2 is 1.87 bits per heavy atom. The molecule has 0 unspecified atom stereocenters. The zero-order valence-corrected chi connectivity index (χ0v) is 13.6. The Bertz CT molecular complexity index is 517. The Kier molecular flexibility index (Phi) is 6.68. The fourth-order valence-electron chi connectivity index (χ4n) is 2.57. The van der Waals surface area contributed by atoms with Gasteiger partial charge in [-0.2, -0.15) is 13.2 Å². The molecule has 0 aromatic carbocycles. The normalized spacial score (nSPS) is 17.3. The highest BCUT2D eigenvalue weighted by atomic mass is 32.2. The van der Waals surface area contributed by atoms with Gasteiger partial charge in [-0.05, 0) is 18.9 Å². The quantitative estimate of drug-likeness (QED) is 0.665. The smallest absolute Gasteiger partial charge is 0.353 e. The second-order valence-corrected chi connectivity index (χ2v) is 6.56. The molecule has 2 rings (SSSR count). The van der Waals surface area contributed by atoms with Gasteiger partial charge in [0.2, 0.25) is 5.91 Å². The highest BCUT2D eigenvalue weighted by Crippen LogP contribution is 2.28. The Labute approximate surface area is 137 Å². The minimum Gasteiger partial charge on any atom is -0.353 e. The highest BCUT2D eigenvalue weighted by Gasteiger charge is 2.32. The predicted molar refractivity (Wildman–Crippen MR) is 82.0 cm³/mol. The van der Waals surface area contributed by atoms with Crippen molar-refractivity contribution in [3.63, 3.8) is 0 Å². The molecule has 1 saturated carbocycles. The average Bonchev–Trinajstić information content (AvgIpc) is 2.47. The van der Waals surface area contributed by atoms with Gasteiger partial charge in [-0.3, -0.25) is 4.79 Å². The summed E-state index contributed by atoms with van der Waals surface area (Å²) in [5.41, 5.74) is -0.990. The van der Waals surface area contributed by atoms with E-state index in [1.807, 2.05) is 0 Å². The molecule has 0 bridgehead atoms. The van der Waals surface area contributed by atoms with E-state index in [1.54, 1.807) is 0 Å². The van der Waals surface area contributed by atoms with Crippen LogP contribution in [-0.2, 0) is 11.0 Å². The first-order valence-corrected chi connectivity index (χ1v) is 8.76. The van der Waals surface area contributed by atoms with Crippen LogP contribution in [0.4, 0.5) is 13.2 Å². The number of aromatic nitrogens is 2. The number of carbonyl (C=O) groups is 1. The summed E-state index contributed by atoms with van der Waals surface area (Å²) in [6.45, 7) is 0. The lowest BCUT2D eigenvalue weighted by molar-refractivity contribution is -0.141. The van der Waals surface area contributed by atoms with E-state index in [0.29, 0.717) is 0 Å². The summed E-state index contributed by atoms with van der Waals surface area (Å²) < 4.78 is 37.7. The van der Waals surface area contributed by atoms with Crippen molar-refractivity contribution in [2.45, 2.75) is 62.3 Å². The number of halogens is 3. The standard InChI is InChI=1S/C15H20F3N3OS/c16-15(17,18)12-8-9-19-14(21-12)23-10-13(22)20-11-6-4-2-1-3-5-7-11/h8-9,11H,1-7,10H2,(H,20,22). The lowest BCUT2D eigenvalue weighted by Crippen LogP contribution is -2.36. The second-order valence-electron chi connectivity index (χ2n) is 5.62. The molecule has 0 saturated heterocycles. The van der Waals surface area contributed by atoms with E-state index in [0.717, 1.165) is 49.7 Å². The number of alkyl halides is 3. The number of hydrogen-bond donors (Lipinski definition) is 1. The Morgan fingerprint density at radius 3 is 2.52 bits per heavy atom. The van der Waals surface area contributed by atoms with Crippen LogP contribution in [0.15, 0.2) is 17.4 Å². The number of rotatable bonds is 4. The number of nitrogens with zero attached hydrogens (tertiary/aromatic N) is 2. The van der Waals surface area contributed by atoms with Gasteiger partial charge < -0.3 is 5.32 Å². The zero-order valence-electron chi connectivity index (χ0n) is 12.7. The Balaban J connectivity index is 1.82. The first kappa shape index (κ1) is 18.0. The van der Waals surface area contributed by atoms with Crippen LogP contribution in [0.2, 0.25) is 0 Å². The van der Waals surface area contributed by atoms with Crippen LogP contribution in [0, 0.1) is 0 Å². The molecule has 128 valence electrons. The van der Waals surface area contributed by atoms with Gasteiger partial charge in [0, 0.05) is 12.2 Å². The van der Waals surface area contributed by atoms with E-state index in [2.05, 4.69) is 15.3 Å². The number of thioether (sulfide) groups is 1. The lowest BCUT2D eigenvalue weighted by Gasteiger charge is -2.20.